The third-order valence-corrected chi connectivity index (χ3v) is 3.51. The van der Waals surface area contributed by atoms with E-state index in [1.54, 1.807) is 7.11 Å². The molecule has 0 aromatic heterocycles. The summed E-state index contributed by atoms with van der Waals surface area (Å²) in [6, 6.07) is 2.39. The molecule has 1 fully saturated rings. The number of nitrogen functional groups attached to an aromatic ring is 1. The van der Waals surface area contributed by atoms with Crippen molar-refractivity contribution in [3.05, 3.63) is 23.5 Å². The van der Waals surface area contributed by atoms with E-state index >= 15 is 0 Å². The first kappa shape index (κ1) is 14.5. The number of halogens is 1. The number of carbonyl (C=O) groups is 1. The lowest BCUT2D eigenvalue weighted by atomic mass is 10.0. The summed E-state index contributed by atoms with van der Waals surface area (Å²) >= 11 is 0. The Morgan fingerprint density at radius 2 is 2.35 bits per heavy atom. The monoisotopic (exact) mass is 283 g/mol. The Hall–Kier alpha value is -1.86. The van der Waals surface area contributed by atoms with E-state index < -0.39 is 17.3 Å². The molecule has 1 atom stereocenters. The summed E-state index contributed by atoms with van der Waals surface area (Å²) in [5, 5.41) is 2.93. The standard InChI is InChI=1S/C13H18FN3O3/c1-19-13(2-3-20-7-13)6-17-11-4-8(12(16)18)10(15)5-9(11)14/h4-5,17H,2-3,6-7,15H2,1H3,(H2,16,18). The lowest BCUT2D eigenvalue weighted by Gasteiger charge is -2.26. The highest BCUT2D eigenvalue weighted by Crippen LogP contribution is 2.26. The molecule has 1 aliphatic rings. The van der Waals surface area contributed by atoms with E-state index in [4.69, 9.17) is 20.9 Å². The van der Waals surface area contributed by atoms with Crippen LogP contribution in [0, 0.1) is 5.82 Å². The minimum atomic E-state index is -0.698. The molecule has 0 radical (unpaired) electrons. The van der Waals surface area contributed by atoms with Gasteiger partial charge in [0.2, 0.25) is 0 Å². The van der Waals surface area contributed by atoms with Gasteiger partial charge in [0.1, 0.15) is 11.4 Å². The summed E-state index contributed by atoms with van der Waals surface area (Å²) in [5.74, 6) is -1.24. The fourth-order valence-electron chi connectivity index (χ4n) is 2.15. The second-order valence-electron chi connectivity index (χ2n) is 4.83. The SMILES string of the molecule is COC1(CNc2cc(C(N)=O)c(N)cc2F)CCOC1. The Morgan fingerprint density at radius 3 is 2.90 bits per heavy atom. The fraction of sp³-hybridized carbons (Fsp3) is 0.462. The number of hydrogen-bond donors (Lipinski definition) is 3. The van der Waals surface area contributed by atoms with E-state index in [-0.39, 0.29) is 16.9 Å². The molecular weight excluding hydrogens is 265 g/mol. The molecule has 20 heavy (non-hydrogen) atoms. The van der Waals surface area contributed by atoms with E-state index in [9.17, 15) is 9.18 Å². The minimum absolute atomic E-state index is 0.0196. The number of ether oxygens (including phenoxy) is 2. The van der Waals surface area contributed by atoms with Crippen molar-refractivity contribution in [1.82, 2.24) is 0 Å². The quantitative estimate of drug-likeness (QED) is 0.692. The summed E-state index contributed by atoms with van der Waals surface area (Å²) in [6.45, 7) is 1.41. The predicted molar refractivity (Wildman–Crippen MR) is 73.0 cm³/mol. The van der Waals surface area contributed by atoms with Gasteiger partial charge in [0.05, 0.1) is 17.9 Å². The van der Waals surface area contributed by atoms with Crippen LogP contribution in [0.2, 0.25) is 0 Å². The number of methoxy groups -OCH3 is 1. The first-order chi connectivity index (χ1) is 9.47. The van der Waals surface area contributed by atoms with Crippen LogP contribution in [0.4, 0.5) is 15.8 Å². The van der Waals surface area contributed by atoms with Gasteiger partial charge in [0.25, 0.3) is 5.91 Å². The zero-order chi connectivity index (χ0) is 14.8. The molecule has 1 heterocycles. The predicted octanol–water partition coefficient (Wildman–Crippen LogP) is 0.724. The number of benzene rings is 1. The first-order valence-electron chi connectivity index (χ1n) is 6.23. The van der Waals surface area contributed by atoms with Crippen molar-refractivity contribution in [1.29, 1.82) is 0 Å². The van der Waals surface area contributed by atoms with Crippen LogP contribution < -0.4 is 16.8 Å². The van der Waals surface area contributed by atoms with E-state index in [1.165, 1.54) is 6.07 Å². The van der Waals surface area contributed by atoms with Gasteiger partial charge in [-0.1, -0.05) is 0 Å². The molecule has 5 N–H and O–H groups in total. The highest BCUT2D eigenvalue weighted by Gasteiger charge is 2.34. The molecule has 0 bridgehead atoms. The van der Waals surface area contributed by atoms with Gasteiger partial charge in [-0.2, -0.15) is 0 Å². The van der Waals surface area contributed by atoms with Crippen LogP contribution in [0.15, 0.2) is 12.1 Å². The highest BCUT2D eigenvalue weighted by molar-refractivity contribution is 5.99. The Labute approximate surface area is 116 Å². The Kier molecular flexibility index (Phi) is 4.10. The molecule has 7 heteroatoms. The molecule has 0 spiro atoms. The smallest absolute Gasteiger partial charge is 0.250 e. The lowest BCUT2D eigenvalue weighted by molar-refractivity contribution is -0.00623. The van der Waals surface area contributed by atoms with E-state index in [2.05, 4.69) is 5.32 Å². The van der Waals surface area contributed by atoms with Crippen LogP contribution in [-0.4, -0.2) is 38.4 Å². The van der Waals surface area contributed by atoms with Gasteiger partial charge in [-0.3, -0.25) is 4.79 Å². The van der Waals surface area contributed by atoms with Crippen LogP contribution >= 0.6 is 0 Å². The summed E-state index contributed by atoms with van der Waals surface area (Å²) in [4.78, 5) is 11.2. The third kappa shape index (κ3) is 2.83. The van der Waals surface area contributed by atoms with Crippen molar-refractivity contribution in [2.45, 2.75) is 12.0 Å². The summed E-state index contributed by atoms with van der Waals surface area (Å²) < 4.78 is 24.6. The molecule has 6 nitrogen and oxygen atoms in total. The number of anilines is 2. The number of carbonyl (C=O) groups excluding carboxylic acids is 1. The largest absolute Gasteiger partial charge is 0.398 e. The van der Waals surface area contributed by atoms with Crippen molar-refractivity contribution < 1.29 is 18.7 Å². The Bertz CT molecular complexity index is 516. The Morgan fingerprint density at radius 1 is 1.60 bits per heavy atom. The maximum Gasteiger partial charge on any atom is 0.250 e. The minimum Gasteiger partial charge on any atom is -0.398 e. The van der Waals surface area contributed by atoms with Gasteiger partial charge in [0.15, 0.2) is 0 Å². The van der Waals surface area contributed by atoms with Crippen LogP contribution in [0.3, 0.4) is 0 Å². The molecular formula is C13H18FN3O3. The van der Waals surface area contributed by atoms with Crippen LogP contribution in [0.25, 0.3) is 0 Å². The van der Waals surface area contributed by atoms with Crippen molar-refractivity contribution in [2.75, 3.05) is 37.9 Å². The number of primary amides is 1. The average Bonchev–Trinajstić information content (AvgIpc) is 2.87. The third-order valence-electron chi connectivity index (χ3n) is 3.51. The molecule has 0 saturated carbocycles. The van der Waals surface area contributed by atoms with E-state index in [1.807, 2.05) is 0 Å². The summed E-state index contributed by atoms with van der Waals surface area (Å²) in [5.41, 5.74) is 10.5. The normalized spacial score (nSPS) is 21.9. The zero-order valence-electron chi connectivity index (χ0n) is 11.2. The molecule has 0 aliphatic carbocycles. The van der Waals surface area contributed by atoms with Crippen molar-refractivity contribution in [3.63, 3.8) is 0 Å². The first-order valence-corrected chi connectivity index (χ1v) is 6.23. The molecule has 1 amide bonds. The van der Waals surface area contributed by atoms with Crippen molar-refractivity contribution in [3.8, 4) is 0 Å². The molecule has 1 aromatic rings. The van der Waals surface area contributed by atoms with Crippen LogP contribution in [0.1, 0.15) is 16.8 Å². The fourth-order valence-corrected chi connectivity index (χ4v) is 2.15. The lowest BCUT2D eigenvalue weighted by Crippen LogP contribution is -2.39. The zero-order valence-corrected chi connectivity index (χ0v) is 11.2. The van der Waals surface area contributed by atoms with Crippen LogP contribution in [-0.2, 0) is 9.47 Å². The molecule has 1 saturated heterocycles. The van der Waals surface area contributed by atoms with E-state index in [0.29, 0.717) is 19.8 Å². The molecule has 110 valence electrons. The van der Waals surface area contributed by atoms with Gasteiger partial charge in [-0.25, -0.2) is 4.39 Å². The van der Waals surface area contributed by atoms with Gasteiger partial charge < -0.3 is 26.3 Å². The second-order valence-corrected chi connectivity index (χ2v) is 4.83. The van der Waals surface area contributed by atoms with Gasteiger partial charge in [-0.05, 0) is 12.1 Å². The molecule has 1 unspecified atom stereocenters. The van der Waals surface area contributed by atoms with E-state index in [0.717, 1.165) is 12.5 Å². The topological polar surface area (TPSA) is 99.6 Å². The van der Waals surface area contributed by atoms with Gasteiger partial charge in [0, 0.05) is 32.4 Å². The maximum absolute atomic E-state index is 13.8. The summed E-state index contributed by atoms with van der Waals surface area (Å²) in [6.07, 6.45) is 0.718. The number of rotatable bonds is 5. The molecule has 1 aliphatic heterocycles. The average molecular weight is 283 g/mol. The van der Waals surface area contributed by atoms with Crippen LogP contribution in [0.5, 0.6) is 0 Å². The van der Waals surface area contributed by atoms with Gasteiger partial charge >= 0.3 is 0 Å². The van der Waals surface area contributed by atoms with Gasteiger partial charge in [-0.15, -0.1) is 0 Å². The number of hydrogen-bond acceptors (Lipinski definition) is 5. The second kappa shape index (κ2) is 5.64. The summed E-state index contributed by atoms with van der Waals surface area (Å²) in [7, 11) is 1.59. The van der Waals surface area contributed by atoms with Crippen molar-refractivity contribution >= 4 is 17.3 Å². The number of nitrogens with two attached hydrogens (primary N) is 2. The molecule has 1 aromatic carbocycles. The molecule has 2 rings (SSSR count). The highest BCUT2D eigenvalue weighted by atomic mass is 19.1. The maximum atomic E-state index is 13.8. The Balaban J connectivity index is 2.17. The number of nitrogens with one attached hydrogen (secondary N) is 1. The number of amides is 1. The van der Waals surface area contributed by atoms with Crippen molar-refractivity contribution in [2.24, 2.45) is 5.73 Å².